The highest BCUT2D eigenvalue weighted by atomic mass is 16.2. The number of nitrogens with one attached hydrogen (secondary N) is 2. The van der Waals surface area contributed by atoms with Crippen molar-refractivity contribution in [2.75, 3.05) is 5.32 Å². The zero-order valence-electron chi connectivity index (χ0n) is 17.5. The van der Waals surface area contributed by atoms with Gasteiger partial charge in [-0.2, -0.15) is 0 Å². The Morgan fingerprint density at radius 2 is 1.72 bits per heavy atom. The van der Waals surface area contributed by atoms with Crippen molar-refractivity contribution in [3.05, 3.63) is 64.9 Å². The predicted molar refractivity (Wildman–Crippen MR) is 118 cm³/mol. The molecule has 5 heteroatoms. The van der Waals surface area contributed by atoms with Crippen LogP contribution in [0.1, 0.15) is 67.7 Å². The molecule has 4 rings (SSSR count). The summed E-state index contributed by atoms with van der Waals surface area (Å²) in [6.45, 7) is 10.6. The number of aromatic nitrogens is 3. The first-order chi connectivity index (χ1) is 13.8. The van der Waals surface area contributed by atoms with E-state index >= 15 is 0 Å². The van der Waals surface area contributed by atoms with Gasteiger partial charge in [-0.1, -0.05) is 27.7 Å². The molecule has 0 bridgehead atoms. The average molecular weight is 386 g/mol. The second-order valence-electron chi connectivity index (χ2n) is 8.17. The molecule has 0 saturated carbocycles. The minimum absolute atomic E-state index is 0.116. The highest BCUT2D eigenvalue weighted by Crippen LogP contribution is 2.37. The van der Waals surface area contributed by atoms with Crippen LogP contribution in [0.2, 0.25) is 0 Å². The maximum atomic E-state index is 12.8. The number of aryl methyl sites for hydroxylation is 1. The molecule has 0 aliphatic carbocycles. The number of pyridine rings is 2. The number of anilines is 1. The van der Waals surface area contributed by atoms with E-state index < -0.39 is 0 Å². The van der Waals surface area contributed by atoms with Gasteiger partial charge >= 0.3 is 0 Å². The summed E-state index contributed by atoms with van der Waals surface area (Å²) < 4.78 is 0. The number of carbonyl (C=O) groups excluding carboxylic acids is 1. The highest BCUT2D eigenvalue weighted by molar-refractivity contribution is 6.34. The fourth-order valence-corrected chi connectivity index (χ4v) is 3.73. The lowest BCUT2D eigenvalue weighted by Crippen LogP contribution is -2.04. The van der Waals surface area contributed by atoms with E-state index in [1.807, 2.05) is 25.1 Å². The Bertz CT molecular complexity index is 1110. The van der Waals surface area contributed by atoms with Crippen molar-refractivity contribution in [1.82, 2.24) is 15.0 Å². The number of nitrogens with zero attached hydrogens (tertiary/aromatic N) is 2. The minimum Gasteiger partial charge on any atom is -0.358 e. The molecule has 1 aliphatic heterocycles. The van der Waals surface area contributed by atoms with Crippen molar-refractivity contribution < 1.29 is 4.79 Å². The van der Waals surface area contributed by atoms with Crippen LogP contribution in [0, 0.1) is 6.92 Å². The number of amides is 1. The third-order valence-corrected chi connectivity index (χ3v) is 5.40. The summed E-state index contributed by atoms with van der Waals surface area (Å²) in [4.78, 5) is 25.0. The zero-order chi connectivity index (χ0) is 20.7. The van der Waals surface area contributed by atoms with E-state index in [9.17, 15) is 4.79 Å². The van der Waals surface area contributed by atoms with Gasteiger partial charge in [0.25, 0.3) is 5.91 Å². The maximum Gasteiger partial charge on any atom is 0.257 e. The van der Waals surface area contributed by atoms with Gasteiger partial charge in [-0.15, -0.1) is 0 Å². The molecule has 0 saturated heterocycles. The highest BCUT2D eigenvalue weighted by Gasteiger charge is 2.28. The Balaban J connectivity index is 1.85. The molecule has 0 atom stereocenters. The summed E-state index contributed by atoms with van der Waals surface area (Å²) in [6, 6.07) is 8.19. The molecule has 29 heavy (non-hydrogen) atoms. The first-order valence-corrected chi connectivity index (χ1v) is 10.0. The number of rotatable bonds is 4. The van der Waals surface area contributed by atoms with Gasteiger partial charge in [0, 0.05) is 40.6 Å². The minimum atomic E-state index is -0.116. The number of fused-ring (bicyclic) bond motifs is 1. The molecule has 1 aliphatic rings. The summed E-state index contributed by atoms with van der Waals surface area (Å²) in [6.07, 6.45) is 5.50. The van der Waals surface area contributed by atoms with Gasteiger partial charge in [0.2, 0.25) is 0 Å². The van der Waals surface area contributed by atoms with Gasteiger partial charge in [-0.3, -0.25) is 9.78 Å². The lowest BCUT2D eigenvalue weighted by molar-refractivity contribution is -0.110. The van der Waals surface area contributed by atoms with Crippen LogP contribution in [0.25, 0.3) is 22.8 Å². The Labute approximate surface area is 171 Å². The van der Waals surface area contributed by atoms with Gasteiger partial charge in [0.05, 0.1) is 5.57 Å². The zero-order valence-corrected chi connectivity index (χ0v) is 17.5. The van der Waals surface area contributed by atoms with Crippen molar-refractivity contribution in [3.8, 4) is 11.1 Å². The standard InChI is InChI=1S/C24H26N4O/c1-13(2)17-11-21(14(3)4)27-22(17)12-20-19-10-18(16-6-8-25-9-7-16)15(5)26-23(19)28-24(20)29/h6-14,27H,1-5H3,(H,26,28,29). The Morgan fingerprint density at radius 1 is 1.00 bits per heavy atom. The van der Waals surface area contributed by atoms with Crippen molar-refractivity contribution in [2.45, 2.75) is 46.5 Å². The fourth-order valence-electron chi connectivity index (χ4n) is 3.73. The molecule has 148 valence electrons. The van der Waals surface area contributed by atoms with E-state index in [1.165, 1.54) is 11.3 Å². The van der Waals surface area contributed by atoms with Gasteiger partial charge in [0.15, 0.2) is 0 Å². The quantitative estimate of drug-likeness (QED) is 0.580. The molecule has 5 nitrogen and oxygen atoms in total. The third kappa shape index (κ3) is 3.48. The van der Waals surface area contributed by atoms with Gasteiger partial charge in [0.1, 0.15) is 5.82 Å². The Kier molecular flexibility index (Phi) is 4.82. The van der Waals surface area contributed by atoms with E-state index in [4.69, 9.17) is 0 Å². The van der Waals surface area contributed by atoms with Gasteiger partial charge in [-0.05, 0) is 60.2 Å². The lowest BCUT2D eigenvalue weighted by Gasteiger charge is -2.08. The summed E-state index contributed by atoms with van der Waals surface area (Å²) >= 11 is 0. The number of carbonyl (C=O) groups is 1. The first-order valence-electron chi connectivity index (χ1n) is 10.0. The van der Waals surface area contributed by atoms with E-state index in [1.54, 1.807) is 12.4 Å². The Morgan fingerprint density at radius 3 is 2.38 bits per heavy atom. The Hall–Kier alpha value is -3.21. The van der Waals surface area contributed by atoms with E-state index in [-0.39, 0.29) is 5.91 Å². The summed E-state index contributed by atoms with van der Waals surface area (Å²) in [5.41, 5.74) is 7.79. The molecule has 3 aromatic heterocycles. The second-order valence-corrected chi connectivity index (χ2v) is 8.17. The molecule has 0 spiro atoms. The molecule has 2 N–H and O–H groups in total. The predicted octanol–water partition coefficient (Wildman–Crippen LogP) is 5.52. The first kappa shape index (κ1) is 19.1. The second kappa shape index (κ2) is 7.32. The molecule has 0 unspecified atom stereocenters. The van der Waals surface area contributed by atoms with Crippen LogP contribution in [-0.2, 0) is 4.79 Å². The number of aromatic amines is 1. The van der Waals surface area contributed by atoms with Gasteiger partial charge < -0.3 is 10.3 Å². The SMILES string of the molecule is Cc1nc2c(cc1-c1ccncc1)C(=Cc1[nH]c(C(C)C)cc1C(C)C)C(=O)N2. The lowest BCUT2D eigenvalue weighted by atomic mass is 9.98. The molecule has 0 radical (unpaired) electrons. The smallest absolute Gasteiger partial charge is 0.257 e. The fraction of sp³-hybridized carbons (Fsp3) is 0.292. The number of H-pyrrole nitrogens is 1. The molecule has 4 heterocycles. The largest absolute Gasteiger partial charge is 0.358 e. The van der Waals surface area contributed by atoms with E-state index in [0.717, 1.165) is 28.1 Å². The van der Waals surface area contributed by atoms with Crippen molar-refractivity contribution >= 4 is 23.4 Å². The van der Waals surface area contributed by atoms with Crippen LogP contribution in [-0.4, -0.2) is 20.9 Å². The summed E-state index contributed by atoms with van der Waals surface area (Å²) in [5.74, 6) is 1.26. The molecule has 0 aromatic carbocycles. The van der Waals surface area contributed by atoms with Crippen LogP contribution in [0.3, 0.4) is 0 Å². The van der Waals surface area contributed by atoms with Crippen LogP contribution >= 0.6 is 0 Å². The third-order valence-electron chi connectivity index (χ3n) is 5.40. The number of hydrogen-bond donors (Lipinski definition) is 2. The van der Waals surface area contributed by atoms with Crippen LogP contribution in [0.5, 0.6) is 0 Å². The molecular weight excluding hydrogens is 360 g/mol. The van der Waals surface area contributed by atoms with Crippen molar-refractivity contribution in [2.24, 2.45) is 0 Å². The average Bonchev–Trinajstić information content (AvgIpc) is 3.24. The van der Waals surface area contributed by atoms with Crippen molar-refractivity contribution in [1.29, 1.82) is 0 Å². The monoisotopic (exact) mass is 386 g/mol. The van der Waals surface area contributed by atoms with Crippen LogP contribution in [0.4, 0.5) is 5.82 Å². The van der Waals surface area contributed by atoms with Gasteiger partial charge in [-0.25, -0.2) is 4.98 Å². The number of hydrogen-bond acceptors (Lipinski definition) is 3. The van der Waals surface area contributed by atoms with E-state index in [0.29, 0.717) is 23.2 Å². The van der Waals surface area contributed by atoms with Crippen molar-refractivity contribution in [3.63, 3.8) is 0 Å². The van der Waals surface area contributed by atoms with E-state index in [2.05, 4.69) is 60.1 Å². The molecule has 3 aromatic rings. The molecule has 0 fully saturated rings. The molecular formula is C24H26N4O. The topological polar surface area (TPSA) is 70.7 Å². The van der Waals surface area contributed by atoms with Crippen LogP contribution < -0.4 is 5.32 Å². The molecule has 1 amide bonds. The maximum absolute atomic E-state index is 12.8. The summed E-state index contributed by atoms with van der Waals surface area (Å²) in [7, 11) is 0. The normalized spacial score (nSPS) is 14.7. The van der Waals surface area contributed by atoms with Crippen LogP contribution in [0.15, 0.2) is 36.7 Å². The summed E-state index contributed by atoms with van der Waals surface area (Å²) in [5, 5.41) is 2.92.